The number of rotatable bonds is 4. The monoisotopic (exact) mass is 201 g/mol. The fourth-order valence-electron chi connectivity index (χ4n) is 0.909. The highest BCUT2D eigenvalue weighted by Crippen LogP contribution is 2.21. The summed E-state index contributed by atoms with van der Waals surface area (Å²) in [5.41, 5.74) is 0.856. The van der Waals surface area contributed by atoms with Crippen molar-refractivity contribution in [3.8, 4) is 0 Å². The maximum Gasteiger partial charge on any atom is 0.303 e. The third-order valence-electron chi connectivity index (χ3n) is 1.55. The summed E-state index contributed by atoms with van der Waals surface area (Å²) in [5.74, 6) is -0.896. The molecule has 0 fully saturated rings. The van der Waals surface area contributed by atoms with Gasteiger partial charge in [-0.05, 0) is 13.3 Å². The lowest BCUT2D eigenvalue weighted by atomic mass is 10.2. The van der Waals surface area contributed by atoms with Gasteiger partial charge in [0, 0.05) is 17.5 Å². The molecule has 0 saturated carbocycles. The zero-order chi connectivity index (χ0) is 9.84. The highest BCUT2D eigenvalue weighted by atomic mass is 32.1. The summed E-state index contributed by atoms with van der Waals surface area (Å²) in [6.07, 6.45) is -0.544. The van der Waals surface area contributed by atoms with Crippen LogP contribution >= 0.6 is 11.3 Å². The second kappa shape index (κ2) is 4.34. The molecule has 5 heteroatoms. The molecule has 1 unspecified atom stereocenters. The molecular formula is C8H11NO3S. The van der Waals surface area contributed by atoms with Gasteiger partial charge in [-0.2, -0.15) is 0 Å². The van der Waals surface area contributed by atoms with E-state index in [1.54, 1.807) is 0 Å². The van der Waals surface area contributed by atoms with E-state index in [1.165, 1.54) is 11.3 Å². The largest absolute Gasteiger partial charge is 0.481 e. The van der Waals surface area contributed by atoms with Crippen LogP contribution in [-0.4, -0.2) is 21.2 Å². The lowest BCUT2D eigenvalue weighted by Gasteiger charge is -2.03. The van der Waals surface area contributed by atoms with E-state index >= 15 is 0 Å². The van der Waals surface area contributed by atoms with Gasteiger partial charge >= 0.3 is 5.97 Å². The SMILES string of the molecule is Cc1csc(C(O)CCC(=O)O)n1. The van der Waals surface area contributed by atoms with Gasteiger partial charge in [0.2, 0.25) is 0 Å². The molecule has 0 aliphatic carbocycles. The van der Waals surface area contributed by atoms with E-state index in [0.29, 0.717) is 5.01 Å². The molecule has 1 rings (SSSR count). The second-order valence-electron chi connectivity index (χ2n) is 2.78. The van der Waals surface area contributed by atoms with Gasteiger partial charge in [0.15, 0.2) is 0 Å². The van der Waals surface area contributed by atoms with Gasteiger partial charge in [-0.3, -0.25) is 4.79 Å². The Labute approximate surface area is 79.9 Å². The second-order valence-corrected chi connectivity index (χ2v) is 3.67. The number of carbonyl (C=O) groups is 1. The van der Waals surface area contributed by atoms with E-state index < -0.39 is 12.1 Å². The summed E-state index contributed by atoms with van der Waals surface area (Å²) in [6, 6.07) is 0. The van der Waals surface area contributed by atoms with Crippen molar-refractivity contribution in [1.29, 1.82) is 0 Å². The first-order valence-electron chi connectivity index (χ1n) is 3.91. The number of hydrogen-bond donors (Lipinski definition) is 2. The normalized spacial score (nSPS) is 12.8. The van der Waals surface area contributed by atoms with Crippen molar-refractivity contribution in [3.05, 3.63) is 16.1 Å². The first-order valence-corrected chi connectivity index (χ1v) is 4.79. The number of carboxylic acids is 1. The molecule has 0 amide bonds. The molecule has 1 atom stereocenters. The molecule has 0 radical (unpaired) electrons. The number of carboxylic acid groups (broad SMARTS) is 1. The Bertz CT molecular complexity index is 297. The molecule has 0 aliphatic heterocycles. The summed E-state index contributed by atoms with van der Waals surface area (Å²) in [4.78, 5) is 14.3. The van der Waals surface area contributed by atoms with E-state index in [2.05, 4.69) is 4.98 Å². The minimum absolute atomic E-state index is 0.0280. The van der Waals surface area contributed by atoms with Crippen molar-refractivity contribution in [2.75, 3.05) is 0 Å². The number of aryl methyl sites for hydroxylation is 1. The molecule has 0 spiro atoms. The molecule has 0 aliphatic rings. The van der Waals surface area contributed by atoms with Crippen LogP contribution in [-0.2, 0) is 4.79 Å². The average molecular weight is 201 g/mol. The Morgan fingerprint density at radius 2 is 2.46 bits per heavy atom. The van der Waals surface area contributed by atoms with Crippen LogP contribution in [0.2, 0.25) is 0 Å². The van der Waals surface area contributed by atoms with E-state index in [4.69, 9.17) is 5.11 Å². The van der Waals surface area contributed by atoms with Crippen LogP contribution in [0, 0.1) is 6.92 Å². The van der Waals surface area contributed by atoms with Gasteiger partial charge in [-0.15, -0.1) is 11.3 Å². The van der Waals surface area contributed by atoms with E-state index in [0.717, 1.165) is 5.69 Å². The van der Waals surface area contributed by atoms with Crippen molar-refractivity contribution in [1.82, 2.24) is 4.98 Å². The third-order valence-corrected chi connectivity index (χ3v) is 2.62. The molecule has 0 bridgehead atoms. The quantitative estimate of drug-likeness (QED) is 0.771. The van der Waals surface area contributed by atoms with E-state index in [1.807, 2.05) is 12.3 Å². The first-order chi connectivity index (χ1) is 6.09. The molecule has 0 aromatic carbocycles. The highest BCUT2D eigenvalue weighted by molar-refractivity contribution is 7.09. The van der Waals surface area contributed by atoms with Gasteiger partial charge in [0.05, 0.1) is 0 Å². The molecule has 1 aromatic heterocycles. The van der Waals surface area contributed by atoms with Gasteiger partial charge in [0.25, 0.3) is 0 Å². The zero-order valence-corrected chi connectivity index (χ0v) is 8.04. The Morgan fingerprint density at radius 1 is 1.77 bits per heavy atom. The van der Waals surface area contributed by atoms with Gasteiger partial charge < -0.3 is 10.2 Å². The number of nitrogens with zero attached hydrogens (tertiary/aromatic N) is 1. The maximum atomic E-state index is 10.2. The summed E-state index contributed by atoms with van der Waals surface area (Å²) in [6.45, 7) is 1.84. The van der Waals surface area contributed by atoms with Crippen molar-refractivity contribution in [3.63, 3.8) is 0 Å². The van der Waals surface area contributed by atoms with Crippen LogP contribution in [0.15, 0.2) is 5.38 Å². The lowest BCUT2D eigenvalue weighted by molar-refractivity contribution is -0.137. The minimum atomic E-state index is -0.896. The zero-order valence-electron chi connectivity index (χ0n) is 7.23. The molecule has 1 aromatic rings. The standard InChI is InChI=1S/C8H11NO3S/c1-5-4-13-8(9-5)6(10)2-3-7(11)12/h4,6,10H,2-3H2,1H3,(H,11,12). The maximum absolute atomic E-state index is 10.2. The number of aromatic nitrogens is 1. The summed E-state index contributed by atoms with van der Waals surface area (Å²) in [5, 5.41) is 20.3. The molecular weight excluding hydrogens is 190 g/mol. The van der Waals surface area contributed by atoms with Crippen LogP contribution in [0.5, 0.6) is 0 Å². The Morgan fingerprint density at radius 3 is 2.92 bits per heavy atom. The number of aliphatic hydroxyl groups excluding tert-OH is 1. The molecule has 2 N–H and O–H groups in total. The Kier molecular flexibility index (Phi) is 3.39. The molecule has 72 valence electrons. The lowest BCUT2D eigenvalue weighted by Crippen LogP contribution is -2.02. The third kappa shape index (κ3) is 3.12. The average Bonchev–Trinajstić information content (AvgIpc) is 2.47. The van der Waals surface area contributed by atoms with Crippen molar-refractivity contribution in [2.45, 2.75) is 25.9 Å². The fraction of sp³-hybridized carbons (Fsp3) is 0.500. The Balaban J connectivity index is 2.48. The molecule has 13 heavy (non-hydrogen) atoms. The van der Waals surface area contributed by atoms with Gasteiger partial charge in [-0.1, -0.05) is 0 Å². The summed E-state index contributed by atoms with van der Waals surface area (Å²) < 4.78 is 0. The van der Waals surface area contributed by atoms with Crippen LogP contribution in [0.1, 0.15) is 29.6 Å². The van der Waals surface area contributed by atoms with E-state index in [-0.39, 0.29) is 12.8 Å². The van der Waals surface area contributed by atoms with Gasteiger partial charge in [0.1, 0.15) is 11.1 Å². The predicted molar refractivity (Wildman–Crippen MR) is 48.7 cm³/mol. The molecule has 4 nitrogen and oxygen atoms in total. The predicted octanol–water partition coefficient (Wildman–Crippen LogP) is 1.35. The highest BCUT2D eigenvalue weighted by Gasteiger charge is 2.12. The van der Waals surface area contributed by atoms with Crippen LogP contribution < -0.4 is 0 Å². The van der Waals surface area contributed by atoms with E-state index in [9.17, 15) is 9.90 Å². The number of hydrogen-bond acceptors (Lipinski definition) is 4. The topological polar surface area (TPSA) is 70.4 Å². The number of thiazole rings is 1. The van der Waals surface area contributed by atoms with Gasteiger partial charge in [-0.25, -0.2) is 4.98 Å². The van der Waals surface area contributed by atoms with Crippen LogP contribution in [0.25, 0.3) is 0 Å². The van der Waals surface area contributed by atoms with Crippen molar-refractivity contribution in [2.24, 2.45) is 0 Å². The Hall–Kier alpha value is -0.940. The first kappa shape index (κ1) is 10.1. The molecule has 0 saturated heterocycles. The number of aliphatic hydroxyl groups is 1. The van der Waals surface area contributed by atoms with Crippen molar-refractivity contribution >= 4 is 17.3 Å². The summed E-state index contributed by atoms with van der Waals surface area (Å²) >= 11 is 1.36. The summed E-state index contributed by atoms with van der Waals surface area (Å²) in [7, 11) is 0. The van der Waals surface area contributed by atoms with Crippen LogP contribution in [0.4, 0.5) is 0 Å². The number of aliphatic carboxylic acids is 1. The smallest absolute Gasteiger partial charge is 0.303 e. The fourth-order valence-corrected chi connectivity index (χ4v) is 1.72. The van der Waals surface area contributed by atoms with Crippen LogP contribution in [0.3, 0.4) is 0 Å². The van der Waals surface area contributed by atoms with Crippen molar-refractivity contribution < 1.29 is 15.0 Å². The molecule has 1 heterocycles. The minimum Gasteiger partial charge on any atom is -0.481 e.